The number of thiocarbonyl (C=S) groups is 1. The molecule has 0 amide bonds. The molecule has 4 rings (SSSR count). The fraction of sp³-hybridized carbons (Fsp3) is 0.227. The van der Waals surface area contributed by atoms with Gasteiger partial charge < -0.3 is 19.4 Å². The minimum Gasteiger partial charge on any atom is -0.465 e. The molecule has 2 aromatic heterocycles. The van der Waals surface area contributed by atoms with Crippen LogP contribution in [0.25, 0.3) is 11.3 Å². The van der Waals surface area contributed by atoms with Crippen LogP contribution in [0.4, 0.5) is 5.69 Å². The standard InChI is InChI=1S/C22H20N4O5S/c1-2-30-19(27)13-25-21(20(24-22(25)32)16-8-3-4-11-23-16)18-10-9-17(31-18)14-6-5-7-15(12-14)26(28)29/h3-12,20-21H,2,13H2,1H3,(H,24,32)/t20-,21+/m1/s1. The molecular formula is C22H20N4O5S. The summed E-state index contributed by atoms with van der Waals surface area (Å²) in [5.41, 5.74) is 1.28. The molecule has 9 nitrogen and oxygen atoms in total. The van der Waals surface area contributed by atoms with Gasteiger partial charge in [0.15, 0.2) is 5.11 Å². The summed E-state index contributed by atoms with van der Waals surface area (Å²) in [7, 11) is 0. The number of esters is 1. The predicted molar refractivity (Wildman–Crippen MR) is 120 cm³/mol. The number of nitro groups is 1. The van der Waals surface area contributed by atoms with Crippen LogP contribution in [-0.4, -0.2) is 39.0 Å². The maximum Gasteiger partial charge on any atom is 0.325 e. The predicted octanol–water partition coefficient (Wildman–Crippen LogP) is 3.79. The zero-order valence-electron chi connectivity index (χ0n) is 17.1. The highest BCUT2D eigenvalue weighted by atomic mass is 32.1. The average Bonchev–Trinajstić information content (AvgIpc) is 3.40. The number of nitro benzene ring substituents is 1. The molecule has 3 heterocycles. The van der Waals surface area contributed by atoms with Crippen molar-refractivity contribution < 1.29 is 18.9 Å². The van der Waals surface area contributed by atoms with Gasteiger partial charge in [0.2, 0.25) is 0 Å². The van der Waals surface area contributed by atoms with Crippen molar-refractivity contribution >= 4 is 29.0 Å². The first-order valence-electron chi connectivity index (χ1n) is 9.96. The molecule has 0 bridgehead atoms. The zero-order valence-corrected chi connectivity index (χ0v) is 18.0. The lowest BCUT2D eigenvalue weighted by atomic mass is 10.0. The lowest BCUT2D eigenvalue weighted by Gasteiger charge is -2.25. The molecule has 1 N–H and O–H groups in total. The Balaban J connectivity index is 1.71. The van der Waals surface area contributed by atoms with Gasteiger partial charge in [-0.05, 0) is 43.4 Å². The van der Waals surface area contributed by atoms with Crippen molar-refractivity contribution in [1.82, 2.24) is 15.2 Å². The van der Waals surface area contributed by atoms with Crippen molar-refractivity contribution in [2.45, 2.75) is 19.0 Å². The molecule has 164 valence electrons. The second-order valence-corrected chi connectivity index (χ2v) is 7.46. The summed E-state index contributed by atoms with van der Waals surface area (Å²) in [6.45, 7) is 1.95. The van der Waals surface area contributed by atoms with Crippen LogP contribution in [0.1, 0.15) is 30.5 Å². The van der Waals surface area contributed by atoms with Crippen molar-refractivity contribution in [2.75, 3.05) is 13.2 Å². The Bertz CT molecular complexity index is 1150. The molecule has 0 radical (unpaired) electrons. The molecule has 0 saturated carbocycles. The van der Waals surface area contributed by atoms with E-state index < -0.39 is 16.9 Å². The van der Waals surface area contributed by atoms with Gasteiger partial charge in [0, 0.05) is 23.9 Å². The van der Waals surface area contributed by atoms with Gasteiger partial charge in [0.05, 0.1) is 23.3 Å². The Kier molecular flexibility index (Phi) is 6.13. The van der Waals surface area contributed by atoms with Crippen molar-refractivity contribution in [3.63, 3.8) is 0 Å². The lowest BCUT2D eigenvalue weighted by Crippen LogP contribution is -2.35. The van der Waals surface area contributed by atoms with Gasteiger partial charge in [-0.1, -0.05) is 18.2 Å². The molecule has 0 spiro atoms. The number of hydrogen-bond acceptors (Lipinski definition) is 7. The van der Waals surface area contributed by atoms with Gasteiger partial charge in [-0.25, -0.2) is 0 Å². The van der Waals surface area contributed by atoms with Gasteiger partial charge in [0.1, 0.15) is 24.1 Å². The fourth-order valence-electron chi connectivity index (χ4n) is 3.67. The normalized spacial score (nSPS) is 17.8. The van der Waals surface area contributed by atoms with E-state index in [1.807, 2.05) is 18.2 Å². The highest BCUT2D eigenvalue weighted by Gasteiger charge is 2.42. The molecule has 3 aromatic rings. The van der Waals surface area contributed by atoms with Crippen LogP contribution in [0, 0.1) is 10.1 Å². The van der Waals surface area contributed by atoms with E-state index in [0.717, 1.165) is 5.69 Å². The van der Waals surface area contributed by atoms with E-state index in [-0.39, 0.29) is 24.9 Å². The third-order valence-electron chi connectivity index (χ3n) is 5.06. The Morgan fingerprint density at radius 2 is 2.12 bits per heavy atom. The van der Waals surface area contributed by atoms with Gasteiger partial charge >= 0.3 is 5.97 Å². The van der Waals surface area contributed by atoms with Crippen LogP contribution in [0.2, 0.25) is 0 Å². The Hall–Kier alpha value is -3.79. The largest absolute Gasteiger partial charge is 0.465 e. The van der Waals surface area contributed by atoms with Crippen molar-refractivity contribution in [2.24, 2.45) is 0 Å². The monoisotopic (exact) mass is 452 g/mol. The molecule has 1 aliphatic heterocycles. The molecule has 32 heavy (non-hydrogen) atoms. The smallest absolute Gasteiger partial charge is 0.325 e. The first-order chi connectivity index (χ1) is 15.5. The van der Waals surface area contributed by atoms with Crippen molar-refractivity contribution in [3.8, 4) is 11.3 Å². The number of hydrogen-bond donors (Lipinski definition) is 1. The molecule has 10 heteroatoms. The quantitative estimate of drug-likeness (QED) is 0.248. The van der Waals surface area contributed by atoms with E-state index in [0.29, 0.717) is 22.2 Å². The van der Waals surface area contributed by atoms with E-state index in [2.05, 4.69) is 10.3 Å². The SMILES string of the molecule is CCOC(=O)CN1C(=S)N[C@H](c2ccccn2)[C@@H]1c1ccc(-c2cccc([N+](=O)[O-])c2)o1. The van der Waals surface area contributed by atoms with Crippen LogP contribution in [-0.2, 0) is 9.53 Å². The minimum atomic E-state index is -0.464. The Labute approximate surface area is 189 Å². The summed E-state index contributed by atoms with van der Waals surface area (Å²) in [6.07, 6.45) is 1.68. The fourth-order valence-corrected chi connectivity index (χ4v) is 3.98. The van der Waals surface area contributed by atoms with Crippen molar-refractivity contribution in [3.05, 3.63) is 82.4 Å². The summed E-state index contributed by atoms with van der Waals surface area (Å²) in [5.74, 6) is 0.602. The molecular weight excluding hydrogens is 432 g/mol. The van der Waals surface area contributed by atoms with Crippen LogP contribution in [0.3, 0.4) is 0 Å². The van der Waals surface area contributed by atoms with Crippen molar-refractivity contribution in [1.29, 1.82) is 0 Å². The number of carbonyl (C=O) groups excluding carboxylic acids is 1. The average molecular weight is 452 g/mol. The Morgan fingerprint density at radius 1 is 1.28 bits per heavy atom. The van der Waals surface area contributed by atoms with Gasteiger partial charge in [0.25, 0.3) is 5.69 Å². The Morgan fingerprint density at radius 3 is 2.84 bits per heavy atom. The second-order valence-electron chi connectivity index (χ2n) is 7.07. The molecule has 2 atom stereocenters. The first kappa shape index (κ1) is 21.4. The number of rotatable bonds is 7. The van der Waals surface area contributed by atoms with Gasteiger partial charge in [-0.15, -0.1) is 0 Å². The van der Waals surface area contributed by atoms with Gasteiger partial charge in [-0.3, -0.25) is 19.9 Å². The number of pyridine rings is 1. The number of benzene rings is 1. The molecule has 1 saturated heterocycles. The number of ether oxygens (including phenoxy) is 1. The molecule has 0 aliphatic carbocycles. The third kappa shape index (κ3) is 4.30. The van der Waals surface area contributed by atoms with Gasteiger partial charge in [-0.2, -0.15) is 0 Å². The van der Waals surface area contributed by atoms with E-state index in [1.54, 1.807) is 42.3 Å². The summed E-state index contributed by atoms with van der Waals surface area (Å²) in [6, 6.07) is 14.5. The third-order valence-corrected chi connectivity index (χ3v) is 5.41. The number of aromatic nitrogens is 1. The van der Waals surface area contributed by atoms with Crippen LogP contribution < -0.4 is 5.32 Å². The van der Waals surface area contributed by atoms with Crippen LogP contribution >= 0.6 is 12.2 Å². The van der Waals surface area contributed by atoms with Crippen LogP contribution in [0.15, 0.2) is 65.2 Å². The minimum absolute atomic E-state index is 0.0283. The number of non-ortho nitro benzene ring substituents is 1. The first-order valence-corrected chi connectivity index (χ1v) is 10.4. The maximum atomic E-state index is 12.2. The molecule has 0 unspecified atom stereocenters. The maximum absolute atomic E-state index is 12.2. The molecule has 1 fully saturated rings. The number of furan rings is 1. The zero-order chi connectivity index (χ0) is 22.7. The second kappa shape index (κ2) is 9.15. The van der Waals surface area contributed by atoms with E-state index >= 15 is 0 Å². The lowest BCUT2D eigenvalue weighted by molar-refractivity contribution is -0.384. The van der Waals surface area contributed by atoms with E-state index in [4.69, 9.17) is 21.4 Å². The number of nitrogens with zero attached hydrogens (tertiary/aromatic N) is 3. The summed E-state index contributed by atoms with van der Waals surface area (Å²) < 4.78 is 11.2. The molecule has 1 aliphatic rings. The molecule has 1 aromatic carbocycles. The highest BCUT2D eigenvalue weighted by Crippen LogP contribution is 2.40. The van der Waals surface area contributed by atoms with Crippen LogP contribution in [0.5, 0.6) is 0 Å². The van der Waals surface area contributed by atoms with E-state index in [1.165, 1.54) is 12.1 Å². The van der Waals surface area contributed by atoms with E-state index in [9.17, 15) is 14.9 Å². The number of carbonyl (C=O) groups is 1. The highest BCUT2D eigenvalue weighted by molar-refractivity contribution is 7.80. The number of nitrogens with one attached hydrogen (secondary N) is 1. The summed E-state index contributed by atoms with van der Waals surface area (Å²) >= 11 is 5.51. The topological polar surface area (TPSA) is 111 Å². The summed E-state index contributed by atoms with van der Waals surface area (Å²) in [5, 5.41) is 14.7. The summed E-state index contributed by atoms with van der Waals surface area (Å²) in [4.78, 5) is 29.1.